The van der Waals surface area contributed by atoms with Crippen LogP contribution in [0.3, 0.4) is 0 Å². The molecule has 0 radical (unpaired) electrons. The Bertz CT molecular complexity index is 782. The lowest BCUT2D eigenvalue weighted by molar-refractivity contribution is 1.07. The van der Waals surface area contributed by atoms with E-state index in [1.54, 1.807) is 0 Å². The van der Waals surface area contributed by atoms with Crippen LogP contribution in [0.25, 0.3) is 10.9 Å². The largest absolute Gasteiger partial charge is 0.377 e. The molecule has 1 heterocycles. The number of rotatable bonds is 3. The maximum atomic E-state index is 6.20. The first-order chi connectivity index (χ1) is 10.1. The van der Waals surface area contributed by atoms with E-state index >= 15 is 0 Å². The van der Waals surface area contributed by atoms with Crippen molar-refractivity contribution >= 4 is 55.7 Å². The number of halogens is 3. The van der Waals surface area contributed by atoms with Gasteiger partial charge in [-0.2, -0.15) is 0 Å². The highest BCUT2D eigenvalue weighted by Crippen LogP contribution is 2.34. The smallest absolute Gasteiger partial charge is 0.0722 e. The molecule has 2 aromatic carbocycles. The number of para-hydroxylation sites is 1. The molecule has 21 heavy (non-hydrogen) atoms. The second-order valence-electron chi connectivity index (χ2n) is 4.59. The highest BCUT2D eigenvalue weighted by Gasteiger charge is 2.07. The quantitative estimate of drug-likeness (QED) is 0.609. The molecule has 0 bridgehead atoms. The van der Waals surface area contributed by atoms with Crippen LogP contribution in [0.15, 0.2) is 53.0 Å². The topological polar surface area (TPSA) is 24.9 Å². The second-order valence-corrected chi connectivity index (χ2v) is 6.32. The minimum absolute atomic E-state index is 0.561. The molecular weight excluding hydrogens is 371 g/mol. The molecular formula is C16H11BrCl2N2. The SMILES string of the molecule is Clc1cc(Br)cc(Cl)c1NCc1ccc2ccccc2n1. The summed E-state index contributed by atoms with van der Waals surface area (Å²) in [6.07, 6.45) is 0. The number of fused-ring (bicyclic) bond motifs is 1. The summed E-state index contributed by atoms with van der Waals surface area (Å²) in [5, 5.41) is 5.53. The molecule has 0 aliphatic carbocycles. The summed E-state index contributed by atoms with van der Waals surface area (Å²) in [6.45, 7) is 0.561. The normalized spacial score (nSPS) is 10.8. The van der Waals surface area contributed by atoms with Crippen LogP contribution in [0.4, 0.5) is 5.69 Å². The van der Waals surface area contributed by atoms with Crippen LogP contribution in [-0.2, 0) is 6.54 Å². The van der Waals surface area contributed by atoms with E-state index in [1.807, 2.05) is 42.5 Å². The predicted molar refractivity (Wildman–Crippen MR) is 93.2 cm³/mol. The number of hydrogen-bond donors (Lipinski definition) is 1. The zero-order valence-electron chi connectivity index (χ0n) is 10.9. The Hall–Kier alpha value is -1.29. The van der Waals surface area contributed by atoms with Gasteiger partial charge < -0.3 is 5.32 Å². The summed E-state index contributed by atoms with van der Waals surface area (Å²) in [5.41, 5.74) is 2.63. The Balaban J connectivity index is 1.83. The van der Waals surface area contributed by atoms with Gasteiger partial charge in [0.15, 0.2) is 0 Å². The fourth-order valence-corrected chi connectivity index (χ4v) is 3.44. The van der Waals surface area contributed by atoms with Gasteiger partial charge in [0.1, 0.15) is 0 Å². The predicted octanol–water partition coefficient (Wildman–Crippen LogP) is 5.92. The van der Waals surface area contributed by atoms with Crippen LogP contribution in [-0.4, -0.2) is 4.98 Å². The molecule has 3 aromatic rings. The summed E-state index contributed by atoms with van der Waals surface area (Å²) in [6, 6.07) is 15.7. The van der Waals surface area contributed by atoms with E-state index in [0.29, 0.717) is 16.6 Å². The highest BCUT2D eigenvalue weighted by molar-refractivity contribution is 9.10. The molecule has 0 aliphatic heterocycles. The number of hydrogen-bond acceptors (Lipinski definition) is 2. The number of anilines is 1. The van der Waals surface area contributed by atoms with Crippen molar-refractivity contribution in [2.45, 2.75) is 6.54 Å². The van der Waals surface area contributed by atoms with E-state index in [2.05, 4.69) is 32.3 Å². The first-order valence-electron chi connectivity index (χ1n) is 6.36. The Labute approximate surface area is 141 Å². The third kappa shape index (κ3) is 3.31. The molecule has 1 aromatic heterocycles. The molecule has 5 heteroatoms. The van der Waals surface area contributed by atoms with Gasteiger partial charge in [0.05, 0.1) is 33.5 Å². The molecule has 0 saturated heterocycles. The van der Waals surface area contributed by atoms with Crippen LogP contribution in [0.1, 0.15) is 5.69 Å². The molecule has 0 atom stereocenters. The standard InChI is InChI=1S/C16H11BrCl2N2/c17-11-7-13(18)16(14(19)8-11)20-9-12-6-5-10-3-1-2-4-15(10)21-12/h1-8,20H,9H2. The number of nitrogens with zero attached hydrogens (tertiary/aromatic N) is 1. The van der Waals surface area contributed by atoms with Crippen LogP contribution in [0.5, 0.6) is 0 Å². The van der Waals surface area contributed by atoms with E-state index in [4.69, 9.17) is 23.2 Å². The van der Waals surface area contributed by atoms with Crippen molar-refractivity contribution in [1.29, 1.82) is 0 Å². The summed E-state index contributed by atoms with van der Waals surface area (Å²) in [7, 11) is 0. The first-order valence-corrected chi connectivity index (χ1v) is 7.91. The summed E-state index contributed by atoms with van der Waals surface area (Å²) in [5.74, 6) is 0. The molecule has 2 nitrogen and oxygen atoms in total. The molecule has 1 N–H and O–H groups in total. The van der Waals surface area contributed by atoms with Gasteiger partial charge in [-0.1, -0.05) is 63.4 Å². The van der Waals surface area contributed by atoms with Gasteiger partial charge in [0.2, 0.25) is 0 Å². The van der Waals surface area contributed by atoms with Crippen molar-refractivity contribution in [2.24, 2.45) is 0 Å². The summed E-state index contributed by atoms with van der Waals surface area (Å²) >= 11 is 15.8. The Morgan fingerprint density at radius 3 is 2.48 bits per heavy atom. The van der Waals surface area contributed by atoms with Crippen LogP contribution >= 0.6 is 39.1 Å². The van der Waals surface area contributed by atoms with Crippen molar-refractivity contribution in [3.05, 3.63) is 68.7 Å². The van der Waals surface area contributed by atoms with E-state index in [-0.39, 0.29) is 0 Å². The maximum Gasteiger partial charge on any atom is 0.0722 e. The van der Waals surface area contributed by atoms with Crippen molar-refractivity contribution in [2.75, 3.05) is 5.32 Å². The van der Waals surface area contributed by atoms with Crippen LogP contribution in [0, 0.1) is 0 Å². The van der Waals surface area contributed by atoms with Gasteiger partial charge in [-0.15, -0.1) is 0 Å². The highest BCUT2D eigenvalue weighted by atomic mass is 79.9. The first kappa shape index (κ1) is 14.6. The summed E-state index contributed by atoms with van der Waals surface area (Å²) in [4.78, 5) is 4.61. The van der Waals surface area contributed by atoms with Crippen LogP contribution in [0.2, 0.25) is 10.0 Å². The number of aromatic nitrogens is 1. The van der Waals surface area contributed by atoms with Crippen molar-refractivity contribution in [3.63, 3.8) is 0 Å². The number of nitrogens with one attached hydrogen (secondary N) is 1. The van der Waals surface area contributed by atoms with E-state index in [9.17, 15) is 0 Å². The van der Waals surface area contributed by atoms with Gasteiger partial charge in [-0.05, 0) is 24.3 Å². The minimum Gasteiger partial charge on any atom is -0.377 e. The van der Waals surface area contributed by atoms with Gasteiger partial charge in [-0.3, -0.25) is 4.98 Å². The summed E-state index contributed by atoms with van der Waals surface area (Å²) < 4.78 is 0.854. The monoisotopic (exact) mass is 380 g/mol. The van der Waals surface area contributed by atoms with E-state index in [0.717, 1.165) is 26.8 Å². The van der Waals surface area contributed by atoms with Gasteiger partial charge in [0.25, 0.3) is 0 Å². The maximum absolute atomic E-state index is 6.20. The zero-order valence-corrected chi connectivity index (χ0v) is 14.0. The van der Waals surface area contributed by atoms with E-state index < -0.39 is 0 Å². The molecule has 3 rings (SSSR count). The zero-order chi connectivity index (χ0) is 14.8. The number of benzene rings is 2. The molecule has 0 spiro atoms. The number of pyridine rings is 1. The van der Waals surface area contributed by atoms with Gasteiger partial charge in [-0.25, -0.2) is 0 Å². The van der Waals surface area contributed by atoms with Crippen molar-refractivity contribution in [3.8, 4) is 0 Å². The Morgan fingerprint density at radius 1 is 1.00 bits per heavy atom. The van der Waals surface area contributed by atoms with Crippen molar-refractivity contribution < 1.29 is 0 Å². The minimum atomic E-state index is 0.561. The fourth-order valence-electron chi connectivity index (χ4n) is 2.10. The fraction of sp³-hybridized carbons (Fsp3) is 0.0625. The molecule has 0 unspecified atom stereocenters. The van der Waals surface area contributed by atoms with Gasteiger partial charge >= 0.3 is 0 Å². The molecule has 0 fully saturated rings. The molecule has 0 amide bonds. The Morgan fingerprint density at radius 2 is 1.71 bits per heavy atom. The van der Waals surface area contributed by atoms with E-state index in [1.165, 1.54) is 0 Å². The average molecular weight is 382 g/mol. The average Bonchev–Trinajstić information content (AvgIpc) is 2.46. The molecule has 0 aliphatic rings. The lowest BCUT2D eigenvalue weighted by Crippen LogP contribution is -2.02. The van der Waals surface area contributed by atoms with Crippen molar-refractivity contribution in [1.82, 2.24) is 4.98 Å². The third-order valence-corrected chi connectivity index (χ3v) is 4.16. The second kappa shape index (κ2) is 6.22. The molecule has 0 saturated carbocycles. The van der Waals surface area contributed by atoms with Crippen LogP contribution < -0.4 is 5.32 Å². The third-order valence-electron chi connectivity index (χ3n) is 3.11. The lowest BCUT2D eigenvalue weighted by atomic mass is 10.2. The Kier molecular flexibility index (Phi) is 4.34. The molecule has 106 valence electrons. The van der Waals surface area contributed by atoms with Gasteiger partial charge in [0, 0.05) is 9.86 Å². The lowest BCUT2D eigenvalue weighted by Gasteiger charge is -2.11.